The summed E-state index contributed by atoms with van der Waals surface area (Å²) in [5, 5.41) is 0. The molecule has 0 bridgehead atoms. The third kappa shape index (κ3) is 5.46. The van der Waals surface area contributed by atoms with Crippen LogP contribution in [0.2, 0.25) is 0 Å². The van der Waals surface area contributed by atoms with Gasteiger partial charge in [-0.25, -0.2) is 4.99 Å². The molecule has 0 radical (unpaired) electrons. The molecular formula is C12H20N2. The smallest absolute Gasteiger partial charge is 0.120 e. The third-order valence-corrected chi connectivity index (χ3v) is 1.89. The molecule has 0 aliphatic heterocycles. The zero-order chi connectivity index (χ0) is 11.1. The topological polar surface area (TPSA) is 24.7 Å². The monoisotopic (exact) mass is 192 g/mol. The Balaban J connectivity index is 4.70. The molecule has 0 aliphatic rings. The van der Waals surface area contributed by atoms with Gasteiger partial charge in [0, 0.05) is 12.8 Å². The molecule has 0 aliphatic carbocycles. The lowest BCUT2D eigenvalue weighted by Gasteiger charge is -1.99. The van der Waals surface area contributed by atoms with E-state index in [4.69, 9.17) is 0 Å². The van der Waals surface area contributed by atoms with Gasteiger partial charge >= 0.3 is 0 Å². The van der Waals surface area contributed by atoms with E-state index in [1.807, 2.05) is 13.8 Å². The Kier molecular flexibility index (Phi) is 5.77. The van der Waals surface area contributed by atoms with Crippen molar-refractivity contribution in [3.05, 3.63) is 23.3 Å². The molecule has 0 amide bonds. The number of nitrogens with zero attached hydrogens (tertiary/aromatic N) is 2. The van der Waals surface area contributed by atoms with Crippen LogP contribution >= 0.6 is 0 Å². The Labute approximate surface area is 87.2 Å². The van der Waals surface area contributed by atoms with Crippen molar-refractivity contribution in [3.63, 3.8) is 0 Å². The van der Waals surface area contributed by atoms with Crippen LogP contribution in [0.1, 0.15) is 34.6 Å². The first-order valence-corrected chi connectivity index (χ1v) is 4.78. The summed E-state index contributed by atoms with van der Waals surface area (Å²) in [7, 11) is 1.75. The Morgan fingerprint density at radius 2 is 1.50 bits per heavy atom. The molecule has 0 aromatic rings. The van der Waals surface area contributed by atoms with Crippen molar-refractivity contribution in [1.29, 1.82) is 0 Å². The minimum atomic E-state index is 0.812. The molecule has 0 unspecified atom stereocenters. The van der Waals surface area contributed by atoms with Crippen LogP contribution in [0.4, 0.5) is 0 Å². The SMILES string of the molecule is CN=C(C)N=C(C)/C(C)=C/C=C(C)C. The first-order chi connectivity index (χ1) is 6.47. The van der Waals surface area contributed by atoms with Crippen LogP contribution in [-0.2, 0) is 0 Å². The molecule has 0 saturated heterocycles. The van der Waals surface area contributed by atoms with Crippen LogP contribution in [0.15, 0.2) is 33.3 Å². The van der Waals surface area contributed by atoms with Gasteiger partial charge in [-0.1, -0.05) is 17.7 Å². The van der Waals surface area contributed by atoms with Crippen LogP contribution in [-0.4, -0.2) is 18.6 Å². The fourth-order valence-electron chi connectivity index (χ4n) is 0.793. The van der Waals surface area contributed by atoms with Crippen molar-refractivity contribution in [2.45, 2.75) is 34.6 Å². The molecule has 0 saturated carbocycles. The van der Waals surface area contributed by atoms with Crippen LogP contribution in [0.25, 0.3) is 0 Å². The fraction of sp³-hybridized carbons (Fsp3) is 0.500. The van der Waals surface area contributed by atoms with E-state index in [1.54, 1.807) is 7.05 Å². The summed E-state index contributed by atoms with van der Waals surface area (Å²) in [4.78, 5) is 8.33. The molecule has 0 aromatic heterocycles. The van der Waals surface area contributed by atoms with Gasteiger partial charge < -0.3 is 0 Å². The van der Waals surface area contributed by atoms with Crippen LogP contribution in [0.5, 0.6) is 0 Å². The van der Waals surface area contributed by atoms with Crippen LogP contribution in [0.3, 0.4) is 0 Å². The number of hydrogen-bond donors (Lipinski definition) is 0. The standard InChI is InChI=1S/C12H20N2/c1-9(2)7-8-10(3)11(4)14-12(5)13-6/h7-8H,1-6H3/b10-8+,13-12?,14-11?. The van der Waals surface area contributed by atoms with Gasteiger partial charge in [0.15, 0.2) is 0 Å². The molecule has 2 nitrogen and oxygen atoms in total. The summed E-state index contributed by atoms with van der Waals surface area (Å²) in [5.41, 5.74) is 3.48. The second-order valence-electron chi connectivity index (χ2n) is 3.56. The predicted octanol–water partition coefficient (Wildman–Crippen LogP) is 3.41. The van der Waals surface area contributed by atoms with E-state index in [-0.39, 0.29) is 0 Å². The summed E-state index contributed by atoms with van der Waals surface area (Å²) < 4.78 is 0. The van der Waals surface area contributed by atoms with Crippen molar-refractivity contribution < 1.29 is 0 Å². The van der Waals surface area contributed by atoms with Gasteiger partial charge in [0.25, 0.3) is 0 Å². The normalized spacial score (nSPS) is 14.3. The minimum Gasteiger partial charge on any atom is -0.274 e. The lowest BCUT2D eigenvalue weighted by atomic mass is 10.1. The van der Waals surface area contributed by atoms with E-state index in [0.29, 0.717) is 0 Å². The highest BCUT2D eigenvalue weighted by Crippen LogP contribution is 2.00. The molecule has 0 atom stereocenters. The molecule has 0 aromatic carbocycles. The van der Waals surface area contributed by atoms with Crippen LogP contribution in [0, 0.1) is 0 Å². The predicted molar refractivity (Wildman–Crippen MR) is 65.3 cm³/mol. The lowest BCUT2D eigenvalue weighted by Crippen LogP contribution is -1.97. The molecular weight excluding hydrogens is 172 g/mol. The molecule has 0 spiro atoms. The molecule has 14 heavy (non-hydrogen) atoms. The highest BCUT2D eigenvalue weighted by molar-refractivity contribution is 6.05. The maximum absolute atomic E-state index is 4.34. The highest BCUT2D eigenvalue weighted by Gasteiger charge is 1.93. The quantitative estimate of drug-likeness (QED) is 0.364. The number of amidine groups is 1. The Morgan fingerprint density at radius 3 is 1.93 bits per heavy atom. The van der Waals surface area contributed by atoms with Gasteiger partial charge in [-0.2, -0.15) is 0 Å². The molecule has 78 valence electrons. The van der Waals surface area contributed by atoms with Gasteiger partial charge in [-0.05, 0) is 40.2 Å². The summed E-state index contributed by atoms with van der Waals surface area (Å²) in [6.45, 7) is 10.1. The molecule has 0 fully saturated rings. The van der Waals surface area contributed by atoms with Gasteiger partial charge in [0.05, 0.1) is 0 Å². The van der Waals surface area contributed by atoms with E-state index in [2.05, 4.69) is 42.9 Å². The maximum Gasteiger partial charge on any atom is 0.120 e. The molecule has 0 rings (SSSR count). The second-order valence-corrected chi connectivity index (χ2v) is 3.56. The van der Waals surface area contributed by atoms with Gasteiger partial charge in [0.2, 0.25) is 0 Å². The number of allylic oxidation sites excluding steroid dienone is 4. The maximum atomic E-state index is 4.34. The number of rotatable bonds is 2. The number of aliphatic imine (C=N–C) groups is 2. The van der Waals surface area contributed by atoms with E-state index < -0.39 is 0 Å². The molecule has 0 N–H and O–H groups in total. The molecule has 0 heterocycles. The summed E-state index contributed by atoms with van der Waals surface area (Å²) in [6, 6.07) is 0. The first-order valence-electron chi connectivity index (χ1n) is 4.78. The largest absolute Gasteiger partial charge is 0.274 e. The van der Waals surface area contributed by atoms with Crippen molar-refractivity contribution in [2.75, 3.05) is 7.05 Å². The third-order valence-electron chi connectivity index (χ3n) is 1.89. The van der Waals surface area contributed by atoms with Crippen molar-refractivity contribution in [3.8, 4) is 0 Å². The average molecular weight is 192 g/mol. The fourth-order valence-corrected chi connectivity index (χ4v) is 0.793. The van der Waals surface area contributed by atoms with Crippen molar-refractivity contribution in [2.24, 2.45) is 9.98 Å². The zero-order valence-electron chi connectivity index (χ0n) is 10.0. The van der Waals surface area contributed by atoms with Gasteiger partial charge in [0.1, 0.15) is 5.84 Å². The Hall–Kier alpha value is -1.18. The summed E-state index contributed by atoms with van der Waals surface area (Å²) in [5.74, 6) is 0.812. The van der Waals surface area contributed by atoms with Gasteiger partial charge in [-0.3, -0.25) is 4.99 Å². The summed E-state index contributed by atoms with van der Waals surface area (Å²) in [6.07, 6.45) is 4.17. The van der Waals surface area contributed by atoms with Crippen molar-refractivity contribution in [1.82, 2.24) is 0 Å². The molecule has 2 heteroatoms. The Morgan fingerprint density at radius 1 is 0.929 bits per heavy atom. The first kappa shape index (κ1) is 12.8. The van der Waals surface area contributed by atoms with Gasteiger partial charge in [-0.15, -0.1) is 0 Å². The number of hydrogen-bond acceptors (Lipinski definition) is 1. The average Bonchev–Trinajstić information content (AvgIpc) is 2.13. The van der Waals surface area contributed by atoms with Crippen LogP contribution < -0.4 is 0 Å². The lowest BCUT2D eigenvalue weighted by molar-refractivity contribution is 1.36. The summed E-state index contributed by atoms with van der Waals surface area (Å²) >= 11 is 0. The van der Waals surface area contributed by atoms with E-state index >= 15 is 0 Å². The van der Waals surface area contributed by atoms with E-state index in [0.717, 1.165) is 11.5 Å². The Bertz CT molecular complexity index is 300. The highest BCUT2D eigenvalue weighted by atomic mass is 14.9. The second kappa shape index (κ2) is 6.30. The van der Waals surface area contributed by atoms with Crippen molar-refractivity contribution >= 4 is 11.5 Å². The minimum absolute atomic E-state index is 0.812. The van der Waals surface area contributed by atoms with E-state index in [9.17, 15) is 0 Å². The van der Waals surface area contributed by atoms with E-state index in [1.165, 1.54) is 11.1 Å². The zero-order valence-corrected chi connectivity index (χ0v) is 10.0.